The van der Waals surface area contributed by atoms with Gasteiger partial charge in [-0.15, -0.1) is 0 Å². The van der Waals surface area contributed by atoms with Gasteiger partial charge >= 0.3 is 0 Å². The first-order valence-electron chi connectivity index (χ1n) is 6.46. The summed E-state index contributed by atoms with van der Waals surface area (Å²) in [5.74, 6) is 4.92. The Morgan fingerprint density at radius 2 is 2.00 bits per heavy atom. The molecule has 0 aliphatic heterocycles. The molecule has 0 atom stereocenters. The van der Waals surface area contributed by atoms with Crippen molar-refractivity contribution in [3.8, 4) is 11.8 Å². The Morgan fingerprint density at radius 1 is 1.19 bits per heavy atom. The van der Waals surface area contributed by atoms with E-state index in [-0.39, 0.29) is 12.5 Å². The third-order valence-electron chi connectivity index (χ3n) is 2.68. The summed E-state index contributed by atoms with van der Waals surface area (Å²) in [6.45, 7) is 0.00669. The van der Waals surface area contributed by atoms with Crippen LogP contribution >= 0.6 is 0 Å². The summed E-state index contributed by atoms with van der Waals surface area (Å²) in [7, 11) is 0. The first-order valence-corrected chi connectivity index (χ1v) is 6.46. The van der Waals surface area contributed by atoms with Gasteiger partial charge in [-0.3, -0.25) is 4.79 Å². The van der Waals surface area contributed by atoms with Crippen LogP contribution in [0.4, 0.5) is 10.1 Å². The zero-order valence-electron chi connectivity index (χ0n) is 11.3. The fourth-order valence-corrected chi connectivity index (χ4v) is 1.73. The number of halogens is 1. The van der Waals surface area contributed by atoms with Crippen molar-refractivity contribution in [2.24, 2.45) is 0 Å². The molecule has 0 spiro atoms. The van der Waals surface area contributed by atoms with Gasteiger partial charge in [-0.2, -0.15) is 0 Å². The molecule has 0 heterocycles. The van der Waals surface area contributed by atoms with Gasteiger partial charge in [0, 0.05) is 23.2 Å². The van der Waals surface area contributed by atoms with Crippen molar-refractivity contribution in [3.05, 3.63) is 65.5 Å². The fourth-order valence-electron chi connectivity index (χ4n) is 1.73. The molecule has 21 heavy (non-hydrogen) atoms. The number of aliphatic hydroxyl groups is 1. The van der Waals surface area contributed by atoms with Crippen LogP contribution in [0.2, 0.25) is 0 Å². The second-order valence-electron chi connectivity index (χ2n) is 4.32. The Bertz CT molecular complexity index is 701. The van der Waals surface area contributed by atoms with Crippen LogP contribution in [-0.4, -0.2) is 17.6 Å². The smallest absolute Gasteiger partial charge is 0.255 e. The molecule has 2 aromatic rings. The molecule has 106 valence electrons. The zero-order valence-corrected chi connectivity index (χ0v) is 11.3. The summed E-state index contributed by atoms with van der Waals surface area (Å²) in [5, 5.41) is 11.3. The highest BCUT2D eigenvalue weighted by Crippen LogP contribution is 2.12. The van der Waals surface area contributed by atoms with Gasteiger partial charge in [0.25, 0.3) is 5.91 Å². The van der Waals surface area contributed by atoms with Gasteiger partial charge in [-0.25, -0.2) is 4.39 Å². The van der Waals surface area contributed by atoms with Gasteiger partial charge < -0.3 is 10.4 Å². The van der Waals surface area contributed by atoms with Crippen molar-refractivity contribution in [2.45, 2.75) is 6.42 Å². The van der Waals surface area contributed by atoms with Gasteiger partial charge in [0.05, 0.1) is 6.61 Å². The van der Waals surface area contributed by atoms with E-state index in [0.717, 1.165) is 0 Å². The van der Waals surface area contributed by atoms with E-state index in [1.807, 2.05) is 0 Å². The molecular weight excluding hydrogens is 269 g/mol. The highest BCUT2D eigenvalue weighted by molar-refractivity contribution is 6.04. The first-order chi connectivity index (χ1) is 10.2. The molecule has 1 amide bonds. The summed E-state index contributed by atoms with van der Waals surface area (Å²) in [5.41, 5.74) is 1.53. The number of aliphatic hydroxyl groups excluding tert-OH is 1. The highest BCUT2D eigenvalue weighted by Gasteiger charge is 2.06. The molecule has 0 saturated heterocycles. The molecule has 2 N–H and O–H groups in total. The van der Waals surface area contributed by atoms with E-state index in [0.29, 0.717) is 23.2 Å². The van der Waals surface area contributed by atoms with Crippen molar-refractivity contribution < 1.29 is 14.3 Å². The molecule has 4 heteroatoms. The van der Waals surface area contributed by atoms with Crippen LogP contribution in [0.5, 0.6) is 0 Å². The molecule has 0 saturated carbocycles. The normalized spacial score (nSPS) is 9.62. The maximum Gasteiger partial charge on any atom is 0.255 e. The Kier molecular flexibility index (Phi) is 5.08. The van der Waals surface area contributed by atoms with Gasteiger partial charge in [0.15, 0.2) is 0 Å². The molecule has 2 rings (SSSR count). The lowest BCUT2D eigenvalue weighted by molar-refractivity contribution is 0.102. The number of nitrogens with one attached hydrogen (secondary N) is 1. The van der Waals surface area contributed by atoms with Crippen LogP contribution in [0.15, 0.2) is 48.5 Å². The number of carbonyl (C=O) groups excluding carboxylic acids is 1. The lowest BCUT2D eigenvalue weighted by Crippen LogP contribution is -2.12. The van der Waals surface area contributed by atoms with Crippen molar-refractivity contribution in [3.63, 3.8) is 0 Å². The molecule has 0 fully saturated rings. The molecule has 0 unspecified atom stereocenters. The summed E-state index contributed by atoms with van der Waals surface area (Å²) in [6.07, 6.45) is 0.389. The first kappa shape index (κ1) is 14.8. The maximum atomic E-state index is 13.1. The second kappa shape index (κ2) is 7.22. The average Bonchev–Trinajstić information content (AvgIpc) is 2.48. The van der Waals surface area contributed by atoms with E-state index in [9.17, 15) is 9.18 Å². The minimum atomic E-state index is -0.406. The Balaban J connectivity index is 2.13. The van der Waals surface area contributed by atoms with Crippen LogP contribution in [-0.2, 0) is 0 Å². The van der Waals surface area contributed by atoms with E-state index in [1.54, 1.807) is 30.3 Å². The fraction of sp³-hybridized carbons (Fsp3) is 0.118. The van der Waals surface area contributed by atoms with E-state index in [1.165, 1.54) is 18.2 Å². The lowest BCUT2D eigenvalue weighted by atomic mass is 10.1. The van der Waals surface area contributed by atoms with Gasteiger partial charge in [0.2, 0.25) is 0 Å². The van der Waals surface area contributed by atoms with E-state index in [2.05, 4.69) is 17.2 Å². The number of hydrogen-bond donors (Lipinski definition) is 2. The quantitative estimate of drug-likeness (QED) is 0.851. The third kappa shape index (κ3) is 4.44. The summed E-state index contributed by atoms with van der Waals surface area (Å²) in [4.78, 5) is 12.1. The minimum Gasteiger partial charge on any atom is -0.395 e. The molecule has 0 aromatic heterocycles. The van der Waals surface area contributed by atoms with Crippen molar-refractivity contribution >= 4 is 11.6 Å². The van der Waals surface area contributed by atoms with Gasteiger partial charge in [0.1, 0.15) is 5.82 Å². The molecule has 3 nitrogen and oxygen atoms in total. The SMILES string of the molecule is O=C(Nc1cccc(F)c1)c1cccc(C#CCCO)c1. The number of hydrogen-bond acceptors (Lipinski definition) is 2. The number of benzene rings is 2. The lowest BCUT2D eigenvalue weighted by Gasteiger charge is -2.05. The Hall–Kier alpha value is -2.64. The summed E-state index contributed by atoms with van der Waals surface area (Å²) in [6, 6.07) is 12.5. The van der Waals surface area contributed by atoms with Crippen LogP contribution in [0.25, 0.3) is 0 Å². The van der Waals surface area contributed by atoms with Crippen LogP contribution in [0.1, 0.15) is 22.3 Å². The predicted molar refractivity (Wildman–Crippen MR) is 79.4 cm³/mol. The second-order valence-corrected chi connectivity index (χ2v) is 4.32. The van der Waals surface area contributed by atoms with Crippen LogP contribution < -0.4 is 5.32 Å². The van der Waals surface area contributed by atoms with Crippen molar-refractivity contribution in [1.29, 1.82) is 0 Å². The molecule has 2 aromatic carbocycles. The molecule has 0 radical (unpaired) electrons. The predicted octanol–water partition coefficient (Wildman–Crippen LogP) is 2.81. The number of rotatable bonds is 3. The Morgan fingerprint density at radius 3 is 2.76 bits per heavy atom. The highest BCUT2D eigenvalue weighted by atomic mass is 19.1. The van der Waals surface area contributed by atoms with Gasteiger partial charge in [-0.1, -0.05) is 24.0 Å². The summed E-state index contributed by atoms with van der Waals surface area (Å²) < 4.78 is 13.1. The topological polar surface area (TPSA) is 49.3 Å². The minimum absolute atomic E-state index is 0.00669. The standard InChI is InChI=1S/C17H14FNO2/c18-15-8-4-9-16(12-15)19-17(21)14-7-3-6-13(11-14)5-1-2-10-20/h3-4,6-9,11-12,20H,2,10H2,(H,19,21). The molecule has 0 aliphatic carbocycles. The van der Waals surface area contributed by atoms with Crippen molar-refractivity contribution in [1.82, 2.24) is 0 Å². The van der Waals surface area contributed by atoms with E-state index < -0.39 is 5.82 Å². The van der Waals surface area contributed by atoms with Crippen LogP contribution in [0.3, 0.4) is 0 Å². The number of carbonyl (C=O) groups is 1. The average molecular weight is 283 g/mol. The van der Waals surface area contributed by atoms with Gasteiger partial charge in [-0.05, 0) is 36.4 Å². The largest absolute Gasteiger partial charge is 0.395 e. The third-order valence-corrected chi connectivity index (χ3v) is 2.68. The van der Waals surface area contributed by atoms with E-state index in [4.69, 9.17) is 5.11 Å². The van der Waals surface area contributed by atoms with Crippen molar-refractivity contribution in [2.75, 3.05) is 11.9 Å². The van der Waals surface area contributed by atoms with Crippen LogP contribution in [0, 0.1) is 17.7 Å². The molecule has 0 aliphatic rings. The maximum absolute atomic E-state index is 13.1. The van der Waals surface area contributed by atoms with E-state index >= 15 is 0 Å². The number of amides is 1. The Labute approximate surface area is 122 Å². The number of anilines is 1. The molecule has 0 bridgehead atoms. The monoisotopic (exact) mass is 283 g/mol. The summed E-state index contributed by atoms with van der Waals surface area (Å²) >= 11 is 0. The molecular formula is C17H14FNO2. The zero-order chi connectivity index (χ0) is 15.1.